The predicted molar refractivity (Wildman–Crippen MR) is 79.6 cm³/mol. The van der Waals surface area contributed by atoms with Crippen molar-refractivity contribution in [2.45, 2.75) is 38.0 Å². The summed E-state index contributed by atoms with van der Waals surface area (Å²) >= 11 is 0. The largest absolute Gasteiger partial charge is 0.481 e. The van der Waals surface area contributed by atoms with Crippen molar-refractivity contribution >= 4 is 16.0 Å². The summed E-state index contributed by atoms with van der Waals surface area (Å²) in [6.07, 6.45) is 2.23. The molecule has 0 radical (unpaired) electrons. The van der Waals surface area contributed by atoms with Crippen molar-refractivity contribution in [2.75, 3.05) is 6.54 Å². The third kappa shape index (κ3) is 3.83. The fourth-order valence-electron chi connectivity index (χ4n) is 2.99. The second-order valence-corrected chi connectivity index (χ2v) is 7.58. The van der Waals surface area contributed by atoms with Gasteiger partial charge in [0, 0.05) is 6.54 Å². The van der Waals surface area contributed by atoms with Crippen molar-refractivity contribution in [1.82, 2.24) is 4.72 Å². The third-order valence-corrected chi connectivity index (χ3v) is 5.42. The Balaban J connectivity index is 2.09. The van der Waals surface area contributed by atoms with E-state index >= 15 is 0 Å². The number of nitrogens with one attached hydrogen (secondary N) is 1. The lowest BCUT2D eigenvalue weighted by Crippen LogP contribution is -2.33. The van der Waals surface area contributed by atoms with Gasteiger partial charge in [-0.15, -0.1) is 0 Å². The highest BCUT2D eigenvalue weighted by molar-refractivity contribution is 7.89. The van der Waals surface area contributed by atoms with Crippen LogP contribution in [0.4, 0.5) is 0 Å². The van der Waals surface area contributed by atoms with Crippen LogP contribution < -0.4 is 4.72 Å². The molecule has 0 aliphatic heterocycles. The molecule has 1 aliphatic carbocycles. The average molecular weight is 311 g/mol. The van der Waals surface area contributed by atoms with Crippen LogP contribution in [0.2, 0.25) is 0 Å². The Morgan fingerprint density at radius 3 is 2.43 bits per heavy atom. The van der Waals surface area contributed by atoms with Gasteiger partial charge >= 0.3 is 5.97 Å². The van der Waals surface area contributed by atoms with Crippen LogP contribution in [-0.2, 0) is 14.8 Å². The van der Waals surface area contributed by atoms with Crippen LogP contribution in [-0.4, -0.2) is 26.0 Å². The number of hydrogen-bond donors (Lipinski definition) is 2. The van der Waals surface area contributed by atoms with Crippen molar-refractivity contribution in [3.8, 4) is 0 Å². The van der Waals surface area contributed by atoms with E-state index in [1.165, 1.54) is 0 Å². The molecule has 2 atom stereocenters. The van der Waals surface area contributed by atoms with Crippen LogP contribution in [0.25, 0.3) is 0 Å². The minimum absolute atomic E-state index is 0.122. The fraction of sp³-hybridized carbons (Fsp3) is 0.533. The summed E-state index contributed by atoms with van der Waals surface area (Å²) in [5, 5.41) is 9.13. The van der Waals surface area contributed by atoms with Crippen molar-refractivity contribution in [3.63, 3.8) is 0 Å². The highest BCUT2D eigenvalue weighted by atomic mass is 32.2. The minimum Gasteiger partial charge on any atom is -0.481 e. The molecule has 116 valence electrons. The molecule has 6 heteroatoms. The van der Waals surface area contributed by atoms with Gasteiger partial charge in [-0.25, -0.2) is 13.1 Å². The molecular weight excluding hydrogens is 290 g/mol. The summed E-state index contributed by atoms with van der Waals surface area (Å²) in [5.41, 5.74) is 1.78. The van der Waals surface area contributed by atoms with Crippen LogP contribution in [0.5, 0.6) is 0 Å². The maximum atomic E-state index is 12.3. The Hall–Kier alpha value is -1.40. The number of hydrogen-bond acceptors (Lipinski definition) is 3. The SMILES string of the molecule is Cc1cc(C)cc(S(=O)(=O)NCC2CCCC2C(=O)O)c1. The average Bonchev–Trinajstić information content (AvgIpc) is 2.83. The number of aryl methyl sites for hydroxylation is 2. The van der Waals surface area contributed by atoms with Gasteiger partial charge in [-0.1, -0.05) is 12.5 Å². The zero-order chi connectivity index (χ0) is 15.6. The zero-order valence-electron chi connectivity index (χ0n) is 12.3. The Morgan fingerprint density at radius 1 is 1.24 bits per heavy atom. The first-order valence-electron chi connectivity index (χ1n) is 7.10. The molecular formula is C15H21NO4S. The summed E-state index contributed by atoms with van der Waals surface area (Å²) < 4.78 is 27.2. The molecule has 1 aliphatic rings. The minimum atomic E-state index is -3.58. The van der Waals surface area contributed by atoms with Gasteiger partial charge in [0.25, 0.3) is 0 Å². The first-order chi connectivity index (χ1) is 9.79. The molecule has 0 amide bonds. The number of benzene rings is 1. The molecule has 2 N–H and O–H groups in total. The normalized spacial score (nSPS) is 22.4. The lowest BCUT2D eigenvalue weighted by molar-refractivity contribution is -0.142. The molecule has 1 fully saturated rings. The summed E-state index contributed by atoms with van der Waals surface area (Å²) in [4.78, 5) is 11.4. The standard InChI is InChI=1S/C15H21NO4S/c1-10-6-11(2)8-13(7-10)21(19,20)16-9-12-4-3-5-14(12)15(17)18/h6-8,12,14,16H,3-5,9H2,1-2H3,(H,17,18). The number of carboxylic acids is 1. The highest BCUT2D eigenvalue weighted by Gasteiger charge is 2.33. The number of carbonyl (C=O) groups is 1. The van der Waals surface area contributed by atoms with Gasteiger partial charge in [0.15, 0.2) is 0 Å². The van der Waals surface area contributed by atoms with Crippen LogP contribution in [0.1, 0.15) is 30.4 Å². The quantitative estimate of drug-likeness (QED) is 0.872. The van der Waals surface area contributed by atoms with Crippen molar-refractivity contribution in [1.29, 1.82) is 0 Å². The molecule has 5 nitrogen and oxygen atoms in total. The van der Waals surface area contributed by atoms with E-state index < -0.39 is 21.9 Å². The van der Waals surface area contributed by atoms with E-state index in [0.29, 0.717) is 6.42 Å². The van der Waals surface area contributed by atoms with Gasteiger partial charge in [0.05, 0.1) is 10.8 Å². The molecule has 1 saturated carbocycles. The van der Waals surface area contributed by atoms with Gasteiger partial charge in [-0.3, -0.25) is 4.79 Å². The van der Waals surface area contributed by atoms with Gasteiger partial charge in [-0.2, -0.15) is 0 Å². The molecule has 1 aromatic rings. The van der Waals surface area contributed by atoms with Crippen molar-refractivity contribution in [3.05, 3.63) is 29.3 Å². The van der Waals surface area contributed by atoms with Gasteiger partial charge in [-0.05, 0) is 55.9 Å². The smallest absolute Gasteiger partial charge is 0.306 e. The summed E-state index contributed by atoms with van der Waals surface area (Å²) in [5.74, 6) is -1.39. The Bertz CT molecular complexity index is 619. The molecule has 0 aromatic heterocycles. The van der Waals surface area contributed by atoms with Gasteiger partial charge < -0.3 is 5.11 Å². The second-order valence-electron chi connectivity index (χ2n) is 5.81. The first kappa shape index (κ1) is 16.0. The summed E-state index contributed by atoms with van der Waals surface area (Å²) in [6, 6.07) is 5.16. The lowest BCUT2D eigenvalue weighted by Gasteiger charge is -2.16. The van der Waals surface area contributed by atoms with E-state index in [0.717, 1.165) is 24.0 Å². The first-order valence-corrected chi connectivity index (χ1v) is 8.58. The van der Waals surface area contributed by atoms with Crippen molar-refractivity contribution in [2.24, 2.45) is 11.8 Å². The van der Waals surface area contributed by atoms with Crippen LogP contribution in [0.15, 0.2) is 23.1 Å². The molecule has 2 unspecified atom stereocenters. The molecule has 21 heavy (non-hydrogen) atoms. The topological polar surface area (TPSA) is 83.5 Å². The monoisotopic (exact) mass is 311 g/mol. The molecule has 1 aromatic carbocycles. The van der Waals surface area contributed by atoms with Gasteiger partial charge in [0.2, 0.25) is 10.0 Å². The molecule has 0 saturated heterocycles. The van der Waals surface area contributed by atoms with Crippen LogP contribution in [0, 0.1) is 25.7 Å². The van der Waals surface area contributed by atoms with E-state index in [2.05, 4.69) is 4.72 Å². The summed E-state index contributed by atoms with van der Waals surface area (Å²) in [6.45, 7) is 3.89. The highest BCUT2D eigenvalue weighted by Crippen LogP contribution is 2.31. The molecule has 0 bridgehead atoms. The second kappa shape index (κ2) is 6.15. The van der Waals surface area contributed by atoms with E-state index in [1.807, 2.05) is 19.9 Å². The fourth-order valence-corrected chi connectivity index (χ4v) is 4.28. The predicted octanol–water partition coefficient (Wildman–Crippen LogP) is 2.08. The Kier molecular flexibility index (Phi) is 4.68. The molecule has 0 spiro atoms. The zero-order valence-corrected chi connectivity index (χ0v) is 13.1. The maximum Gasteiger partial charge on any atom is 0.306 e. The van der Waals surface area contributed by atoms with Crippen LogP contribution >= 0.6 is 0 Å². The van der Waals surface area contributed by atoms with E-state index in [1.54, 1.807) is 12.1 Å². The van der Waals surface area contributed by atoms with E-state index in [-0.39, 0.29) is 17.4 Å². The van der Waals surface area contributed by atoms with Gasteiger partial charge in [0.1, 0.15) is 0 Å². The Morgan fingerprint density at radius 2 is 1.86 bits per heavy atom. The third-order valence-electron chi connectivity index (χ3n) is 4.02. The lowest BCUT2D eigenvalue weighted by atomic mass is 9.97. The number of sulfonamides is 1. The van der Waals surface area contributed by atoms with E-state index in [4.69, 9.17) is 5.11 Å². The molecule has 0 heterocycles. The number of rotatable bonds is 5. The number of aliphatic carboxylic acids is 1. The van der Waals surface area contributed by atoms with Crippen molar-refractivity contribution < 1.29 is 18.3 Å². The maximum absolute atomic E-state index is 12.3. The Labute approximate surface area is 125 Å². The molecule has 2 rings (SSSR count). The summed E-state index contributed by atoms with van der Waals surface area (Å²) in [7, 11) is -3.58. The van der Waals surface area contributed by atoms with Crippen LogP contribution in [0.3, 0.4) is 0 Å². The number of carboxylic acid groups (broad SMARTS) is 1. The van der Waals surface area contributed by atoms with E-state index in [9.17, 15) is 13.2 Å².